The Hall–Kier alpha value is 0. The van der Waals surface area contributed by atoms with Gasteiger partial charge in [0.2, 0.25) is 0 Å². The van der Waals surface area contributed by atoms with E-state index in [2.05, 4.69) is 27.7 Å². The molecule has 0 aliphatic heterocycles. The molecule has 2 unspecified atom stereocenters. The average Bonchev–Trinajstić information content (AvgIpc) is 2.19. The Kier molecular flexibility index (Phi) is 4.47. The van der Waals surface area contributed by atoms with Crippen LogP contribution < -0.4 is 0 Å². The largest absolute Gasteiger partial charge is 0.0654 e. The minimum Gasteiger partial charge on any atom is -0.0654 e. The fourth-order valence-corrected chi connectivity index (χ4v) is 3.82. The Morgan fingerprint density at radius 2 is 1.64 bits per heavy atom. The maximum Gasteiger partial charge on any atom is -0.0246 e. The first-order valence-electron chi connectivity index (χ1n) is 6.75. The van der Waals surface area contributed by atoms with E-state index in [1.54, 1.807) is 0 Å². The smallest absolute Gasteiger partial charge is 0.0246 e. The zero-order chi connectivity index (χ0) is 10.6. The second-order valence-electron chi connectivity index (χ2n) is 5.12. The summed E-state index contributed by atoms with van der Waals surface area (Å²) in [6, 6.07) is 0. The first kappa shape index (κ1) is 12.1. The van der Waals surface area contributed by atoms with Gasteiger partial charge in [0.1, 0.15) is 0 Å². The van der Waals surface area contributed by atoms with Crippen LogP contribution in [0.3, 0.4) is 0 Å². The normalized spacial score (nSPS) is 30.0. The summed E-state index contributed by atoms with van der Waals surface area (Å²) in [5.74, 6) is 2.10. The second kappa shape index (κ2) is 5.19. The maximum absolute atomic E-state index is 2.41. The Morgan fingerprint density at radius 3 is 2.07 bits per heavy atom. The molecule has 0 heterocycles. The summed E-state index contributed by atoms with van der Waals surface area (Å²) < 4.78 is 0. The predicted octanol–water partition coefficient (Wildman–Crippen LogP) is 5.03. The van der Waals surface area contributed by atoms with E-state index in [1.165, 1.54) is 44.9 Å². The average molecular weight is 196 g/mol. The third-order valence-corrected chi connectivity index (χ3v) is 4.91. The number of hydrogen-bond donors (Lipinski definition) is 0. The van der Waals surface area contributed by atoms with Gasteiger partial charge in [-0.25, -0.2) is 0 Å². The van der Waals surface area contributed by atoms with Gasteiger partial charge >= 0.3 is 0 Å². The maximum atomic E-state index is 2.41. The molecule has 0 aromatic heterocycles. The molecule has 0 spiro atoms. The number of unbranched alkanes of at least 4 members (excludes halogenated alkanes) is 1. The molecule has 0 aromatic carbocycles. The van der Waals surface area contributed by atoms with Crippen LogP contribution in [-0.2, 0) is 0 Å². The van der Waals surface area contributed by atoms with Crippen LogP contribution in [-0.4, -0.2) is 0 Å². The quantitative estimate of drug-likeness (QED) is 0.559. The van der Waals surface area contributed by atoms with Crippen molar-refractivity contribution in [2.24, 2.45) is 17.3 Å². The van der Waals surface area contributed by atoms with Crippen molar-refractivity contribution in [1.82, 2.24) is 0 Å². The van der Waals surface area contributed by atoms with Crippen molar-refractivity contribution in [3.8, 4) is 0 Å². The highest BCUT2D eigenvalue weighted by Gasteiger charge is 2.50. The van der Waals surface area contributed by atoms with Crippen LogP contribution in [0.15, 0.2) is 0 Å². The lowest BCUT2D eigenvalue weighted by Gasteiger charge is -2.56. The molecule has 84 valence electrons. The molecule has 0 bridgehead atoms. The van der Waals surface area contributed by atoms with Gasteiger partial charge in [-0.3, -0.25) is 0 Å². The molecular formula is C14H28. The molecule has 1 aliphatic rings. The second-order valence-corrected chi connectivity index (χ2v) is 5.12. The molecular weight excluding hydrogens is 168 g/mol. The van der Waals surface area contributed by atoms with Gasteiger partial charge in [-0.15, -0.1) is 0 Å². The van der Waals surface area contributed by atoms with Crippen molar-refractivity contribution >= 4 is 0 Å². The molecule has 0 aromatic rings. The highest BCUT2D eigenvalue weighted by atomic mass is 14.5. The molecule has 1 fully saturated rings. The fraction of sp³-hybridized carbons (Fsp3) is 1.00. The van der Waals surface area contributed by atoms with E-state index in [9.17, 15) is 0 Å². The summed E-state index contributed by atoms with van der Waals surface area (Å²) in [7, 11) is 0. The Bertz CT molecular complexity index is 153. The molecule has 1 rings (SSSR count). The number of hydrogen-bond acceptors (Lipinski definition) is 0. The zero-order valence-corrected chi connectivity index (χ0v) is 10.6. The lowest BCUT2D eigenvalue weighted by molar-refractivity contribution is -0.0689. The molecule has 0 saturated heterocycles. The van der Waals surface area contributed by atoms with Gasteiger partial charge < -0.3 is 0 Å². The van der Waals surface area contributed by atoms with E-state index < -0.39 is 0 Å². The van der Waals surface area contributed by atoms with E-state index in [-0.39, 0.29) is 0 Å². The predicted molar refractivity (Wildman–Crippen MR) is 64.4 cm³/mol. The number of rotatable bonds is 6. The van der Waals surface area contributed by atoms with Gasteiger partial charge in [-0.05, 0) is 42.9 Å². The third-order valence-electron chi connectivity index (χ3n) is 4.91. The molecule has 0 amide bonds. The minimum absolute atomic E-state index is 0.740. The van der Waals surface area contributed by atoms with Crippen LogP contribution in [0.1, 0.15) is 72.6 Å². The monoisotopic (exact) mass is 196 g/mol. The van der Waals surface area contributed by atoms with Crippen LogP contribution >= 0.6 is 0 Å². The van der Waals surface area contributed by atoms with Crippen LogP contribution in [0.25, 0.3) is 0 Å². The molecule has 0 heteroatoms. The minimum atomic E-state index is 0.740. The van der Waals surface area contributed by atoms with Crippen LogP contribution in [0.2, 0.25) is 0 Å². The highest BCUT2D eigenvalue weighted by Crippen LogP contribution is 2.59. The van der Waals surface area contributed by atoms with E-state index in [4.69, 9.17) is 0 Å². The van der Waals surface area contributed by atoms with Gasteiger partial charge in [0.15, 0.2) is 0 Å². The van der Waals surface area contributed by atoms with Gasteiger partial charge in [0.25, 0.3) is 0 Å². The summed E-state index contributed by atoms with van der Waals surface area (Å²) in [5, 5.41) is 0. The summed E-state index contributed by atoms with van der Waals surface area (Å²) in [6.07, 6.45) is 10.1. The van der Waals surface area contributed by atoms with Crippen molar-refractivity contribution in [3.63, 3.8) is 0 Å². The lowest BCUT2D eigenvalue weighted by Crippen LogP contribution is -2.48. The first-order chi connectivity index (χ1) is 6.75. The SMILES string of the molecule is CCCCC1CC(CC)C1(CC)CC. The fourth-order valence-electron chi connectivity index (χ4n) is 3.82. The van der Waals surface area contributed by atoms with E-state index in [0.717, 1.165) is 17.3 Å². The van der Waals surface area contributed by atoms with Gasteiger partial charge in [0, 0.05) is 0 Å². The Morgan fingerprint density at radius 1 is 1.00 bits per heavy atom. The van der Waals surface area contributed by atoms with Crippen molar-refractivity contribution in [2.75, 3.05) is 0 Å². The molecule has 1 saturated carbocycles. The molecule has 1 aliphatic carbocycles. The standard InChI is InChI=1S/C14H28/c1-5-9-10-13-11-12(6-2)14(13,7-3)8-4/h12-13H,5-11H2,1-4H3. The highest BCUT2D eigenvalue weighted by molar-refractivity contribution is 4.99. The topological polar surface area (TPSA) is 0 Å². The van der Waals surface area contributed by atoms with E-state index >= 15 is 0 Å². The van der Waals surface area contributed by atoms with Crippen LogP contribution in [0, 0.1) is 17.3 Å². The van der Waals surface area contributed by atoms with Crippen molar-refractivity contribution in [3.05, 3.63) is 0 Å². The molecule has 14 heavy (non-hydrogen) atoms. The van der Waals surface area contributed by atoms with Gasteiger partial charge in [-0.2, -0.15) is 0 Å². The lowest BCUT2D eigenvalue weighted by atomic mass is 9.48. The summed E-state index contributed by atoms with van der Waals surface area (Å²) in [4.78, 5) is 0. The summed E-state index contributed by atoms with van der Waals surface area (Å²) in [6.45, 7) is 9.50. The van der Waals surface area contributed by atoms with Crippen LogP contribution in [0.5, 0.6) is 0 Å². The van der Waals surface area contributed by atoms with Crippen LogP contribution in [0.4, 0.5) is 0 Å². The van der Waals surface area contributed by atoms with Gasteiger partial charge in [-0.1, -0.05) is 47.0 Å². The molecule has 0 radical (unpaired) electrons. The summed E-state index contributed by atoms with van der Waals surface area (Å²) >= 11 is 0. The van der Waals surface area contributed by atoms with Gasteiger partial charge in [0.05, 0.1) is 0 Å². The van der Waals surface area contributed by atoms with Crippen molar-refractivity contribution in [2.45, 2.75) is 72.6 Å². The molecule has 0 N–H and O–H groups in total. The van der Waals surface area contributed by atoms with Crippen molar-refractivity contribution < 1.29 is 0 Å². The Labute approximate surface area is 90.5 Å². The summed E-state index contributed by atoms with van der Waals surface area (Å²) in [5.41, 5.74) is 0.740. The third kappa shape index (κ3) is 1.85. The zero-order valence-electron chi connectivity index (χ0n) is 10.6. The molecule has 0 nitrogen and oxygen atoms in total. The van der Waals surface area contributed by atoms with Crippen molar-refractivity contribution in [1.29, 1.82) is 0 Å². The molecule has 2 atom stereocenters. The van der Waals surface area contributed by atoms with E-state index in [0.29, 0.717) is 0 Å². The first-order valence-corrected chi connectivity index (χ1v) is 6.75. The van der Waals surface area contributed by atoms with E-state index in [1.807, 2.05) is 0 Å². The Balaban J connectivity index is 2.53.